The minimum Gasteiger partial charge on any atom is -0.366 e. The Hall–Kier alpha value is -0.480. The van der Waals surface area contributed by atoms with Gasteiger partial charge in [0.2, 0.25) is 0 Å². The molecule has 15 heavy (non-hydrogen) atoms. The summed E-state index contributed by atoms with van der Waals surface area (Å²) in [5, 5.41) is 3.84. The average Bonchev–Trinajstić information content (AvgIpc) is 2.15. The van der Waals surface area contributed by atoms with E-state index < -0.39 is 0 Å². The van der Waals surface area contributed by atoms with Gasteiger partial charge in [-0.1, -0.05) is 18.5 Å². The molecular formula is C10H16ClN3S. The molecule has 0 radical (unpaired) electrons. The van der Waals surface area contributed by atoms with E-state index in [1.165, 1.54) is 0 Å². The van der Waals surface area contributed by atoms with Gasteiger partial charge in [-0.05, 0) is 19.6 Å². The molecule has 1 aromatic rings. The van der Waals surface area contributed by atoms with Crippen molar-refractivity contribution in [3.05, 3.63) is 17.0 Å². The summed E-state index contributed by atoms with van der Waals surface area (Å²) >= 11 is 7.68. The van der Waals surface area contributed by atoms with Crippen LogP contribution in [0.25, 0.3) is 0 Å². The van der Waals surface area contributed by atoms with Crippen molar-refractivity contribution in [3.8, 4) is 0 Å². The summed E-state index contributed by atoms with van der Waals surface area (Å²) in [4.78, 5) is 8.31. The highest BCUT2D eigenvalue weighted by Crippen LogP contribution is 2.14. The number of nitrogens with one attached hydrogen (secondary N) is 1. The highest BCUT2D eigenvalue weighted by Gasteiger charge is 2.07. The summed E-state index contributed by atoms with van der Waals surface area (Å²) in [6.07, 6.45) is 3.17. The van der Waals surface area contributed by atoms with Crippen LogP contribution in [0.2, 0.25) is 5.15 Å². The first-order valence-corrected chi connectivity index (χ1v) is 6.69. The Morgan fingerprint density at radius 1 is 1.53 bits per heavy atom. The molecule has 3 nitrogen and oxygen atoms in total. The summed E-state index contributed by atoms with van der Waals surface area (Å²) in [7, 11) is 0. The molecule has 0 bridgehead atoms. The molecule has 0 aliphatic rings. The summed E-state index contributed by atoms with van der Waals surface area (Å²) in [5.41, 5.74) is 0. The van der Waals surface area contributed by atoms with E-state index in [2.05, 4.69) is 28.5 Å². The largest absolute Gasteiger partial charge is 0.366 e. The molecule has 84 valence electrons. The Kier molecular flexibility index (Phi) is 5.19. The lowest BCUT2D eigenvalue weighted by Gasteiger charge is -2.16. The van der Waals surface area contributed by atoms with Gasteiger partial charge in [-0.25, -0.2) is 9.97 Å². The number of anilines is 1. The van der Waals surface area contributed by atoms with Gasteiger partial charge in [0.05, 0.1) is 0 Å². The number of aromatic nitrogens is 2. The van der Waals surface area contributed by atoms with Gasteiger partial charge >= 0.3 is 0 Å². The van der Waals surface area contributed by atoms with Gasteiger partial charge in [0.25, 0.3) is 0 Å². The van der Waals surface area contributed by atoms with Crippen LogP contribution in [0.15, 0.2) is 6.07 Å². The fraction of sp³-hybridized carbons (Fsp3) is 0.600. The molecule has 0 saturated heterocycles. The van der Waals surface area contributed by atoms with Gasteiger partial charge < -0.3 is 5.32 Å². The minimum atomic E-state index is 0.436. The average molecular weight is 246 g/mol. The number of nitrogens with zero attached hydrogens (tertiary/aromatic N) is 2. The molecule has 0 aliphatic carbocycles. The highest BCUT2D eigenvalue weighted by molar-refractivity contribution is 7.98. The smallest absolute Gasteiger partial charge is 0.134 e. The molecule has 1 unspecified atom stereocenters. The molecule has 0 spiro atoms. The standard InChI is InChI=1S/C10H16ClN3S/c1-4-8(6-15-3)14-10-5-9(11)12-7(2)13-10/h5,8H,4,6H2,1-3H3,(H,12,13,14). The molecule has 0 fully saturated rings. The van der Waals surface area contributed by atoms with Crippen molar-refractivity contribution in [3.63, 3.8) is 0 Å². The number of rotatable bonds is 5. The Morgan fingerprint density at radius 3 is 2.80 bits per heavy atom. The Labute approximate surface area is 100 Å². The Balaban J connectivity index is 2.69. The van der Waals surface area contributed by atoms with Crippen molar-refractivity contribution in [1.29, 1.82) is 0 Å². The van der Waals surface area contributed by atoms with E-state index in [0.29, 0.717) is 17.0 Å². The second-order valence-electron chi connectivity index (χ2n) is 3.33. The van der Waals surface area contributed by atoms with Gasteiger partial charge in [-0.2, -0.15) is 11.8 Å². The lowest BCUT2D eigenvalue weighted by molar-refractivity contribution is 0.767. The Morgan fingerprint density at radius 2 is 2.27 bits per heavy atom. The zero-order chi connectivity index (χ0) is 11.3. The van der Waals surface area contributed by atoms with E-state index in [1.54, 1.807) is 6.07 Å². The molecule has 1 N–H and O–H groups in total. The van der Waals surface area contributed by atoms with E-state index in [4.69, 9.17) is 11.6 Å². The zero-order valence-electron chi connectivity index (χ0n) is 9.25. The maximum atomic E-state index is 5.86. The third-order valence-electron chi connectivity index (χ3n) is 2.02. The van der Waals surface area contributed by atoms with Crippen LogP contribution in [0.4, 0.5) is 5.82 Å². The van der Waals surface area contributed by atoms with E-state index in [1.807, 2.05) is 18.7 Å². The van der Waals surface area contributed by atoms with Gasteiger partial charge in [-0.15, -0.1) is 0 Å². The molecular weight excluding hydrogens is 230 g/mol. The highest BCUT2D eigenvalue weighted by atomic mass is 35.5. The predicted molar refractivity (Wildman–Crippen MR) is 67.9 cm³/mol. The molecule has 1 rings (SSSR count). The molecule has 0 saturated carbocycles. The lowest BCUT2D eigenvalue weighted by Crippen LogP contribution is -2.22. The van der Waals surface area contributed by atoms with Gasteiger partial charge in [-0.3, -0.25) is 0 Å². The van der Waals surface area contributed by atoms with Crippen LogP contribution in [-0.4, -0.2) is 28.0 Å². The number of aryl methyl sites for hydroxylation is 1. The van der Waals surface area contributed by atoms with Crippen LogP contribution in [0, 0.1) is 6.92 Å². The van der Waals surface area contributed by atoms with Crippen molar-refractivity contribution in [2.45, 2.75) is 26.3 Å². The van der Waals surface area contributed by atoms with Crippen molar-refractivity contribution >= 4 is 29.2 Å². The molecule has 1 aromatic heterocycles. The first-order valence-electron chi connectivity index (χ1n) is 4.92. The van der Waals surface area contributed by atoms with E-state index in [0.717, 1.165) is 18.0 Å². The van der Waals surface area contributed by atoms with Crippen molar-refractivity contribution in [1.82, 2.24) is 9.97 Å². The molecule has 0 amide bonds. The number of hydrogen-bond donors (Lipinski definition) is 1. The minimum absolute atomic E-state index is 0.436. The van der Waals surface area contributed by atoms with Crippen LogP contribution >= 0.6 is 23.4 Å². The van der Waals surface area contributed by atoms with E-state index >= 15 is 0 Å². The maximum absolute atomic E-state index is 5.86. The molecule has 0 aromatic carbocycles. The fourth-order valence-electron chi connectivity index (χ4n) is 1.28. The summed E-state index contributed by atoms with van der Waals surface area (Å²) < 4.78 is 0. The molecule has 5 heteroatoms. The quantitative estimate of drug-likeness (QED) is 0.810. The maximum Gasteiger partial charge on any atom is 0.134 e. The fourth-order valence-corrected chi connectivity index (χ4v) is 2.22. The lowest BCUT2D eigenvalue weighted by atomic mass is 10.2. The molecule has 0 aliphatic heterocycles. The number of thioether (sulfide) groups is 1. The molecule has 1 atom stereocenters. The monoisotopic (exact) mass is 245 g/mol. The predicted octanol–water partition coefficient (Wildman–Crippen LogP) is 2.99. The van der Waals surface area contributed by atoms with Gasteiger partial charge in [0.1, 0.15) is 16.8 Å². The third-order valence-corrected chi connectivity index (χ3v) is 2.95. The summed E-state index contributed by atoms with van der Waals surface area (Å²) in [6.45, 7) is 4.00. The second-order valence-corrected chi connectivity index (χ2v) is 4.63. The normalized spacial score (nSPS) is 12.5. The molecule has 1 heterocycles. The van der Waals surface area contributed by atoms with Crippen LogP contribution in [0.3, 0.4) is 0 Å². The first kappa shape index (κ1) is 12.6. The number of halogens is 1. The number of hydrogen-bond acceptors (Lipinski definition) is 4. The second kappa shape index (κ2) is 6.18. The van der Waals surface area contributed by atoms with Crippen LogP contribution in [0.5, 0.6) is 0 Å². The topological polar surface area (TPSA) is 37.8 Å². The van der Waals surface area contributed by atoms with E-state index in [-0.39, 0.29) is 0 Å². The van der Waals surface area contributed by atoms with Crippen LogP contribution in [-0.2, 0) is 0 Å². The SMILES string of the molecule is CCC(CSC)Nc1cc(Cl)nc(C)n1. The third kappa shape index (κ3) is 4.26. The summed E-state index contributed by atoms with van der Waals surface area (Å²) in [6, 6.07) is 2.20. The van der Waals surface area contributed by atoms with Gasteiger partial charge in [0, 0.05) is 17.9 Å². The Bertz CT molecular complexity index is 299. The van der Waals surface area contributed by atoms with Gasteiger partial charge in [0.15, 0.2) is 0 Å². The summed E-state index contributed by atoms with van der Waals surface area (Å²) in [5.74, 6) is 2.58. The van der Waals surface area contributed by atoms with Crippen LogP contribution in [0.1, 0.15) is 19.2 Å². The van der Waals surface area contributed by atoms with Crippen molar-refractivity contribution < 1.29 is 0 Å². The first-order chi connectivity index (χ1) is 7.15. The van der Waals surface area contributed by atoms with Crippen molar-refractivity contribution in [2.24, 2.45) is 0 Å². The van der Waals surface area contributed by atoms with E-state index in [9.17, 15) is 0 Å². The van der Waals surface area contributed by atoms with Crippen LogP contribution < -0.4 is 5.32 Å². The van der Waals surface area contributed by atoms with Crippen molar-refractivity contribution in [2.75, 3.05) is 17.3 Å². The zero-order valence-corrected chi connectivity index (χ0v) is 10.8.